The van der Waals surface area contributed by atoms with Crippen molar-refractivity contribution in [3.63, 3.8) is 0 Å². The van der Waals surface area contributed by atoms with E-state index in [1.165, 1.54) is 0 Å². The zero-order valence-corrected chi connectivity index (χ0v) is 8.62. The number of nitrogens with one attached hydrogen (secondary N) is 1. The molecule has 0 spiro atoms. The smallest absolute Gasteiger partial charge is 0.220 e. The summed E-state index contributed by atoms with van der Waals surface area (Å²) in [7, 11) is 0. The van der Waals surface area contributed by atoms with E-state index in [9.17, 15) is 0 Å². The molecule has 0 bridgehead atoms. The van der Waals surface area contributed by atoms with Crippen LogP contribution in [0.2, 0.25) is 0 Å². The third-order valence-corrected chi connectivity index (χ3v) is 2.33. The number of oxazole rings is 1. The minimum absolute atomic E-state index is 0.337. The number of nitrogens with zero attached hydrogens (tertiary/aromatic N) is 1. The summed E-state index contributed by atoms with van der Waals surface area (Å²) < 4.78 is 11.0. The van der Waals surface area contributed by atoms with Crippen LogP contribution in [0.3, 0.4) is 0 Å². The van der Waals surface area contributed by atoms with Crippen molar-refractivity contribution in [2.45, 2.75) is 32.5 Å². The van der Waals surface area contributed by atoms with Gasteiger partial charge in [-0.3, -0.25) is 0 Å². The molecule has 0 unspecified atom stereocenters. The minimum Gasteiger partial charge on any atom is -0.443 e. The van der Waals surface area contributed by atoms with Crippen molar-refractivity contribution in [2.24, 2.45) is 0 Å². The van der Waals surface area contributed by atoms with Gasteiger partial charge in [-0.1, -0.05) is 13.8 Å². The van der Waals surface area contributed by atoms with Gasteiger partial charge in [-0.2, -0.15) is 0 Å². The van der Waals surface area contributed by atoms with Gasteiger partial charge in [0.1, 0.15) is 12.4 Å². The molecule has 14 heavy (non-hydrogen) atoms. The monoisotopic (exact) mass is 196 g/mol. The van der Waals surface area contributed by atoms with Crippen LogP contribution in [-0.2, 0) is 11.3 Å². The maximum atomic E-state index is 5.54. The molecule has 4 nitrogen and oxygen atoms in total. The number of aromatic nitrogens is 1. The van der Waals surface area contributed by atoms with E-state index in [0.717, 1.165) is 18.8 Å². The lowest BCUT2D eigenvalue weighted by molar-refractivity contribution is -0.00249. The first-order chi connectivity index (χ1) is 6.75. The summed E-state index contributed by atoms with van der Waals surface area (Å²) in [5.74, 6) is 2.00. The van der Waals surface area contributed by atoms with Crippen molar-refractivity contribution in [3.05, 3.63) is 17.8 Å². The Morgan fingerprint density at radius 2 is 2.43 bits per heavy atom. The Morgan fingerprint density at radius 1 is 1.64 bits per heavy atom. The Bertz CT molecular complexity index is 292. The van der Waals surface area contributed by atoms with E-state index in [0.29, 0.717) is 24.5 Å². The molecule has 0 saturated carbocycles. The average Bonchev–Trinajstić information content (AvgIpc) is 2.50. The lowest BCUT2D eigenvalue weighted by atomic mass is 10.2. The van der Waals surface area contributed by atoms with Crippen LogP contribution in [0.25, 0.3) is 0 Å². The number of hydrogen-bond acceptors (Lipinski definition) is 4. The van der Waals surface area contributed by atoms with E-state index in [-0.39, 0.29) is 0 Å². The summed E-state index contributed by atoms with van der Waals surface area (Å²) >= 11 is 0. The first kappa shape index (κ1) is 9.68. The summed E-state index contributed by atoms with van der Waals surface area (Å²) in [6.07, 6.45) is 2.12. The van der Waals surface area contributed by atoms with Crippen molar-refractivity contribution < 1.29 is 9.15 Å². The molecule has 2 rings (SSSR count). The van der Waals surface area contributed by atoms with Gasteiger partial charge >= 0.3 is 0 Å². The van der Waals surface area contributed by atoms with Gasteiger partial charge < -0.3 is 14.5 Å². The molecule has 1 aromatic heterocycles. The lowest BCUT2D eigenvalue weighted by Gasteiger charge is -2.26. The first-order valence-electron chi connectivity index (χ1n) is 5.02. The maximum absolute atomic E-state index is 5.54. The summed E-state index contributed by atoms with van der Waals surface area (Å²) in [5, 5.41) is 3.14. The zero-order valence-electron chi connectivity index (χ0n) is 8.62. The van der Waals surface area contributed by atoms with Gasteiger partial charge in [-0.15, -0.1) is 0 Å². The fraction of sp³-hybridized carbons (Fsp3) is 0.700. The Morgan fingerprint density at radius 3 is 2.93 bits per heavy atom. The van der Waals surface area contributed by atoms with E-state index in [1.807, 2.05) is 0 Å². The van der Waals surface area contributed by atoms with Crippen molar-refractivity contribution in [3.8, 4) is 0 Å². The molecular formula is C10H16N2O2. The molecule has 1 aliphatic heterocycles. The number of ether oxygens (including phenoxy) is 1. The molecule has 1 fully saturated rings. The highest BCUT2D eigenvalue weighted by Gasteiger charge is 2.18. The Hall–Kier alpha value is -0.870. The van der Waals surface area contributed by atoms with E-state index >= 15 is 0 Å². The van der Waals surface area contributed by atoms with E-state index < -0.39 is 0 Å². The van der Waals surface area contributed by atoms with E-state index in [1.54, 1.807) is 6.20 Å². The molecular weight excluding hydrogens is 180 g/mol. The molecule has 78 valence electrons. The van der Waals surface area contributed by atoms with Crippen LogP contribution in [0.15, 0.2) is 10.6 Å². The minimum atomic E-state index is 0.337. The zero-order chi connectivity index (χ0) is 9.97. The molecule has 2 heterocycles. The van der Waals surface area contributed by atoms with Crippen LogP contribution in [-0.4, -0.2) is 24.2 Å². The SMILES string of the molecule is CC(C)c1cnc(COC2CNC2)o1. The van der Waals surface area contributed by atoms with Gasteiger partial charge in [0.05, 0.1) is 12.3 Å². The number of rotatable bonds is 4. The van der Waals surface area contributed by atoms with Crippen LogP contribution < -0.4 is 5.32 Å². The highest BCUT2D eigenvalue weighted by atomic mass is 16.5. The van der Waals surface area contributed by atoms with Gasteiger partial charge in [0.15, 0.2) is 0 Å². The van der Waals surface area contributed by atoms with Crippen molar-refractivity contribution in [1.29, 1.82) is 0 Å². The first-order valence-corrected chi connectivity index (χ1v) is 5.02. The Balaban J connectivity index is 1.83. The molecule has 0 aromatic carbocycles. The summed E-state index contributed by atoms with van der Waals surface area (Å²) in [4.78, 5) is 4.16. The van der Waals surface area contributed by atoms with Gasteiger partial charge in [0.25, 0.3) is 0 Å². The molecule has 1 N–H and O–H groups in total. The normalized spacial score (nSPS) is 17.4. The average molecular weight is 196 g/mol. The quantitative estimate of drug-likeness (QED) is 0.788. The lowest BCUT2D eigenvalue weighted by Crippen LogP contribution is -2.48. The highest BCUT2D eigenvalue weighted by Crippen LogP contribution is 2.15. The Kier molecular flexibility index (Phi) is 2.84. The molecule has 0 aliphatic carbocycles. The second-order valence-electron chi connectivity index (χ2n) is 3.90. The van der Waals surface area contributed by atoms with Crippen LogP contribution >= 0.6 is 0 Å². The molecule has 1 saturated heterocycles. The predicted molar refractivity (Wildman–Crippen MR) is 52.0 cm³/mol. The molecule has 1 aromatic rings. The van der Waals surface area contributed by atoms with E-state index in [2.05, 4.69) is 24.1 Å². The topological polar surface area (TPSA) is 47.3 Å². The summed E-state index contributed by atoms with van der Waals surface area (Å²) in [5.41, 5.74) is 0. The van der Waals surface area contributed by atoms with Crippen LogP contribution in [0.1, 0.15) is 31.4 Å². The molecule has 0 atom stereocenters. The predicted octanol–water partition coefficient (Wildman–Crippen LogP) is 1.29. The molecule has 0 amide bonds. The third-order valence-electron chi connectivity index (χ3n) is 2.33. The second-order valence-corrected chi connectivity index (χ2v) is 3.90. The summed E-state index contributed by atoms with van der Waals surface area (Å²) in [6, 6.07) is 0. The van der Waals surface area contributed by atoms with E-state index in [4.69, 9.17) is 9.15 Å². The molecule has 1 aliphatic rings. The Labute approximate surface area is 83.7 Å². The number of hydrogen-bond donors (Lipinski definition) is 1. The standard InChI is InChI=1S/C10H16N2O2/c1-7(2)9-5-12-10(14-9)6-13-8-3-11-4-8/h5,7-8,11H,3-4,6H2,1-2H3. The maximum Gasteiger partial charge on any atom is 0.220 e. The molecule has 4 heteroatoms. The van der Waals surface area contributed by atoms with Crippen molar-refractivity contribution in [2.75, 3.05) is 13.1 Å². The fourth-order valence-electron chi connectivity index (χ4n) is 1.23. The summed E-state index contributed by atoms with van der Waals surface area (Å²) in [6.45, 7) is 6.54. The van der Waals surface area contributed by atoms with Gasteiger partial charge in [-0.25, -0.2) is 4.98 Å². The van der Waals surface area contributed by atoms with Gasteiger partial charge in [-0.05, 0) is 0 Å². The second kappa shape index (κ2) is 4.11. The van der Waals surface area contributed by atoms with Crippen LogP contribution in [0.4, 0.5) is 0 Å². The third kappa shape index (κ3) is 2.13. The van der Waals surface area contributed by atoms with Crippen molar-refractivity contribution >= 4 is 0 Å². The van der Waals surface area contributed by atoms with Gasteiger partial charge in [0.2, 0.25) is 5.89 Å². The molecule has 0 radical (unpaired) electrons. The highest BCUT2D eigenvalue weighted by molar-refractivity contribution is 4.98. The van der Waals surface area contributed by atoms with Crippen molar-refractivity contribution in [1.82, 2.24) is 10.3 Å². The largest absolute Gasteiger partial charge is 0.443 e. The van der Waals surface area contributed by atoms with Crippen LogP contribution in [0.5, 0.6) is 0 Å². The van der Waals surface area contributed by atoms with Crippen LogP contribution in [0, 0.1) is 0 Å². The fourth-order valence-corrected chi connectivity index (χ4v) is 1.23. The van der Waals surface area contributed by atoms with Gasteiger partial charge in [0, 0.05) is 19.0 Å².